The van der Waals surface area contributed by atoms with E-state index in [9.17, 15) is 9.59 Å². The first-order chi connectivity index (χ1) is 7.84. The second-order valence-corrected chi connectivity index (χ2v) is 4.65. The third-order valence-electron chi connectivity index (χ3n) is 2.25. The molecule has 0 rings (SSSR count). The Morgan fingerprint density at radius 1 is 1.24 bits per heavy atom. The van der Waals surface area contributed by atoms with E-state index in [-0.39, 0.29) is 17.9 Å². The Kier molecular flexibility index (Phi) is 7.54. The molecule has 0 aromatic carbocycles. The maximum absolute atomic E-state index is 11.5. The minimum atomic E-state index is -0.994. The van der Waals surface area contributed by atoms with Crippen molar-refractivity contribution in [2.45, 2.75) is 52.7 Å². The minimum Gasteiger partial charge on any atom is -0.480 e. The first-order valence-electron chi connectivity index (χ1n) is 5.98. The maximum Gasteiger partial charge on any atom is 0.326 e. The normalized spacial score (nSPS) is 12.8. The molecule has 0 fully saturated rings. The number of nitrogens with one attached hydrogen (secondary N) is 1. The van der Waals surface area contributed by atoms with Crippen molar-refractivity contribution in [3.05, 3.63) is 0 Å². The highest BCUT2D eigenvalue weighted by Gasteiger charge is 2.22. The van der Waals surface area contributed by atoms with Crippen molar-refractivity contribution in [1.82, 2.24) is 5.32 Å². The van der Waals surface area contributed by atoms with Crippen LogP contribution in [0.15, 0.2) is 0 Å². The van der Waals surface area contributed by atoms with Gasteiger partial charge in [-0.05, 0) is 26.2 Å². The lowest BCUT2D eigenvalue weighted by Crippen LogP contribution is -2.44. The van der Waals surface area contributed by atoms with E-state index in [2.05, 4.69) is 5.32 Å². The van der Waals surface area contributed by atoms with E-state index in [1.54, 1.807) is 13.8 Å². The molecule has 1 atom stereocenters. The predicted molar refractivity (Wildman–Crippen MR) is 64.7 cm³/mol. The minimum absolute atomic E-state index is 0.122. The summed E-state index contributed by atoms with van der Waals surface area (Å²) in [6, 6.07) is -0.812. The Balaban J connectivity index is 3.87. The van der Waals surface area contributed by atoms with Gasteiger partial charge >= 0.3 is 5.97 Å². The highest BCUT2D eigenvalue weighted by atomic mass is 16.5. The van der Waals surface area contributed by atoms with Crippen LogP contribution in [0.2, 0.25) is 0 Å². The number of hydrogen-bond acceptors (Lipinski definition) is 3. The summed E-state index contributed by atoms with van der Waals surface area (Å²) in [5, 5.41) is 11.4. The van der Waals surface area contributed by atoms with Crippen molar-refractivity contribution in [3.63, 3.8) is 0 Å². The molecule has 1 unspecified atom stereocenters. The van der Waals surface area contributed by atoms with Crippen molar-refractivity contribution in [2.75, 3.05) is 6.61 Å². The summed E-state index contributed by atoms with van der Waals surface area (Å²) < 4.78 is 5.30. The van der Waals surface area contributed by atoms with Crippen molar-refractivity contribution < 1.29 is 19.4 Å². The molecular formula is C12H23NO4. The Morgan fingerprint density at radius 3 is 2.24 bits per heavy atom. The summed E-state index contributed by atoms with van der Waals surface area (Å²) in [5.41, 5.74) is 0. The van der Waals surface area contributed by atoms with Gasteiger partial charge in [0.2, 0.25) is 5.91 Å². The Morgan fingerprint density at radius 2 is 1.82 bits per heavy atom. The quantitative estimate of drug-likeness (QED) is 0.634. The van der Waals surface area contributed by atoms with Crippen LogP contribution in [-0.2, 0) is 14.3 Å². The summed E-state index contributed by atoms with van der Waals surface area (Å²) in [6.45, 7) is 7.91. The van der Waals surface area contributed by atoms with Crippen LogP contribution in [0.25, 0.3) is 0 Å². The van der Waals surface area contributed by atoms with Gasteiger partial charge in [-0.3, -0.25) is 4.79 Å². The third-order valence-corrected chi connectivity index (χ3v) is 2.25. The number of hydrogen-bond donors (Lipinski definition) is 2. The van der Waals surface area contributed by atoms with E-state index in [0.717, 1.165) is 0 Å². The van der Waals surface area contributed by atoms with Gasteiger partial charge in [0.25, 0.3) is 0 Å². The van der Waals surface area contributed by atoms with Gasteiger partial charge < -0.3 is 15.2 Å². The molecule has 17 heavy (non-hydrogen) atoms. The Hall–Kier alpha value is -1.10. The molecular weight excluding hydrogens is 222 g/mol. The van der Waals surface area contributed by atoms with E-state index >= 15 is 0 Å². The molecule has 100 valence electrons. The van der Waals surface area contributed by atoms with Crippen LogP contribution in [0.4, 0.5) is 0 Å². The fourth-order valence-electron chi connectivity index (χ4n) is 1.31. The van der Waals surface area contributed by atoms with Gasteiger partial charge in [0.1, 0.15) is 6.04 Å². The number of amides is 1. The summed E-state index contributed by atoms with van der Waals surface area (Å²) in [7, 11) is 0. The molecule has 0 aromatic heterocycles. The zero-order valence-corrected chi connectivity index (χ0v) is 11.0. The van der Waals surface area contributed by atoms with Crippen LogP contribution in [0.5, 0.6) is 0 Å². The van der Waals surface area contributed by atoms with Crippen LogP contribution < -0.4 is 5.32 Å². The van der Waals surface area contributed by atoms with Gasteiger partial charge in [0.15, 0.2) is 0 Å². The molecule has 2 N–H and O–H groups in total. The first-order valence-corrected chi connectivity index (χ1v) is 5.98. The van der Waals surface area contributed by atoms with Crippen molar-refractivity contribution in [1.29, 1.82) is 0 Å². The molecule has 0 saturated carbocycles. The monoisotopic (exact) mass is 245 g/mol. The molecule has 0 heterocycles. The average molecular weight is 245 g/mol. The molecule has 0 bridgehead atoms. The van der Waals surface area contributed by atoms with Crippen LogP contribution in [0.1, 0.15) is 40.5 Å². The number of ether oxygens (including phenoxy) is 1. The first kappa shape index (κ1) is 15.9. The predicted octanol–water partition coefficient (Wildman–Crippen LogP) is 1.42. The maximum atomic E-state index is 11.5. The lowest BCUT2D eigenvalue weighted by atomic mass is 10.0. The lowest BCUT2D eigenvalue weighted by Gasteiger charge is -2.17. The van der Waals surface area contributed by atoms with Gasteiger partial charge in [-0.15, -0.1) is 0 Å². The van der Waals surface area contributed by atoms with Gasteiger partial charge in [-0.2, -0.15) is 0 Å². The molecule has 0 saturated heterocycles. The van der Waals surface area contributed by atoms with Crippen LogP contribution in [0.3, 0.4) is 0 Å². The molecule has 5 heteroatoms. The van der Waals surface area contributed by atoms with E-state index in [1.807, 2.05) is 13.8 Å². The number of carbonyl (C=O) groups is 2. The van der Waals surface area contributed by atoms with Gasteiger partial charge in [-0.1, -0.05) is 13.8 Å². The average Bonchev–Trinajstić information content (AvgIpc) is 2.19. The number of carbonyl (C=O) groups excluding carboxylic acids is 1. The SMILES string of the molecule is CC(C)OCCCC(=O)NC(C(=O)O)C(C)C. The molecule has 0 aliphatic carbocycles. The van der Waals surface area contributed by atoms with Crippen LogP contribution in [-0.4, -0.2) is 35.7 Å². The number of carboxylic acids is 1. The topological polar surface area (TPSA) is 75.6 Å². The van der Waals surface area contributed by atoms with Crippen molar-refractivity contribution in [3.8, 4) is 0 Å². The summed E-state index contributed by atoms with van der Waals surface area (Å²) in [6.07, 6.45) is 1.05. The zero-order chi connectivity index (χ0) is 13.4. The summed E-state index contributed by atoms with van der Waals surface area (Å²) >= 11 is 0. The van der Waals surface area contributed by atoms with Crippen molar-refractivity contribution >= 4 is 11.9 Å². The lowest BCUT2D eigenvalue weighted by molar-refractivity contribution is -0.143. The third kappa shape index (κ3) is 7.74. The summed E-state index contributed by atoms with van der Waals surface area (Å²) in [5.74, 6) is -1.35. The van der Waals surface area contributed by atoms with Gasteiger partial charge in [-0.25, -0.2) is 4.79 Å². The Labute approximate surface area is 103 Å². The van der Waals surface area contributed by atoms with E-state index in [4.69, 9.17) is 9.84 Å². The number of rotatable bonds is 8. The van der Waals surface area contributed by atoms with Gasteiger partial charge in [0, 0.05) is 13.0 Å². The molecule has 0 aromatic rings. The zero-order valence-electron chi connectivity index (χ0n) is 11.0. The highest BCUT2D eigenvalue weighted by molar-refractivity contribution is 5.83. The molecule has 0 aliphatic rings. The smallest absolute Gasteiger partial charge is 0.326 e. The van der Waals surface area contributed by atoms with E-state index < -0.39 is 12.0 Å². The Bertz CT molecular complexity index is 251. The fraction of sp³-hybridized carbons (Fsp3) is 0.833. The molecule has 0 aliphatic heterocycles. The van der Waals surface area contributed by atoms with E-state index in [1.165, 1.54) is 0 Å². The second-order valence-electron chi connectivity index (χ2n) is 4.65. The fourth-order valence-corrected chi connectivity index (χ4v) is 1.31. The molecule has 1 amide bonds. The second kappa shape index (κ2) is 8.06. The molecule has 0 spiro atoms. The van der Waals surface area contributed by atoms with Gasteiger partial charge in [0.05, 0.1) is 6.10 Å². The van der Waals surface area contributed by atoms with Crippen LogP contribution >= 0.6 is 0 Å². The summed E-state index contributed by atoms with van der Waals surface area (Å²) in [4.78, 5) is 22.3. The number of aliphatic carboxylic acids is 1. The highest BCUT2D eigenvalue weighted by Crippen LogP contribution is 2.03. The standard InChI is InChI=1S/C12H23NO4/c1-8(2)11(12(15)16)13-10(14)6-5-7-17-9(3)4/h8-9,11H,5-7H2,1-4H3,(H,13,14)(H,15,16). The van der Waals surface area contributed by atoms with Crippen molar-refractivity contribution in [2.24, 2.45) is 5.92 Å². The molecule has 0 radical (unpaired) electrons. The number of carboxylic acid groups (broad SMARTS) is 1. The molecule has 5 nitrogen and oxygen atoms in total. The van der Waals surface area contributed by atoms with Crippen LogP contribution in [0, 0.1) is 5.92 Å². The van der Waals surface area contributed by atoms with E-state index in [0.29, 0.717) is 19.4 Å². The largest absolute Gasteiger partial charge is 0.480 e.